The van der Waals surface area contributed by atoms with Gasteiger partial charge in [0, 0.05) is 22.8 Å². The topological polar surface area (TPSA) is 78.0 Å². The molecule has 0 aliphatic heterocycles. The van der Waals surface area contributed by atoms with Gasteiger partial charge in [-0.25, -0.2) is 17.4 Å². The van der Waals surface area contributed by atoms with Crippen molar-refractivity contribution in [3.63, 3.8) is 0 Å². The van der Waals surface area contributed by atoms with E-state index in [1.807, 2.05) is 6.07 Å². The predicted octanol–water partition coefficient (Wildman–Crippen LogP) is 2.56. The fourth-order valence-electron chi connectivity index (χ4n) is 2.65. The van der Waals surface area contributed by atoms with Crippen LogP contribution in [0, 0.1) is 0 Å². The van der Waals surface area contributed by atoms with E-state index >= 15 is 0 Å². The van der Waals surface area contributed by atoms with Gasteiger partial charge in [-0.1, -0.05) is 23.8 Å². The van der Waals surface area contributed by atoms with E-state index in [9.17, 15) is 8.42 Å². The highest BCUT2D eigenvalue weighted by molar-refractivity contribution is 7.91. The predicted molar refractivity (Wildman–Crippen MR) is 92.9 cm³/mol. The summed E-state index contributed by atoms with van der Waals surface area (Å²) in [6.45, 7) is 2.22. The van der Waals surface area contributed by atoms with Gasteiger partial charge in [0.1, 0.15) is 4.75 Å². The van der Waals surface area contributed by atoms with E-state index in [0.29, 0.717) is 30.1 Å². The van der Waals surface area contributed by atoms with Gasteiger partial charge in [-0.3, -0.25) is 0 Å². The van der Waals surface area contributed by atoms with E-state index in [1.165, 1.54) is 3.97 Å². The van der Waals surface area contributed by atoms with Crippen molar-refractivity contribution in [3.05, 3.63) is 53.4 Å². The highest BCUT2D eigenvalue weighted by Crippen LogP contribution is 2.33. The van der Waals surface area contributed by atoms with Crippen LogP contribution >= 0.6 is 11.6 Å². The van der Waals surface area contributed by atoms with Gasteiger partial charge in [-0.2, -0.15) is 0 Å². The molecule has 5 nitrogen and oxygen atoms in total. The van der Waals surface area contributed by atoms with Crippen LogP contribution in [-0.4, -0.2) is 28.7 Å². The zero-order valence-electron chi connectivity index (χ0n) is 12.7. The number of hydrogen-bond acceptors (Lipinski definition) is 4. The van der Waals surface area contributed by atoms with Crippen LogP contribution in [0.4, 0.5) is 0 Å². The third-order valence-electron chi connectivity index (χ3n) is 4.13. The Bertz CT molecular complexity index is 915. The molecule has 1 unspecified atom stereocenters. The number of fused-ring (bicyclic) bond motifs is 1. The molecule has 0 amide bonds. The first-order chi connectivity index (χ1) is 10.9. The summed E-state index contributed by atoms with van der Waals surface area (Å²) in [5, 5.41) is 1.34. The first-order valence-corrected chi connectivity index (χ1v) is 9.15. The normalized spacial score (nSPS) is 21.6. The minimum Gasteiger partial charge on any atom is -0.330 e. The number of nitrogens with two attached hydrogens (primary N) is 1. The molecule has 0 saturated heterocycles. The van der Waals surface area contributed by atoms with Gasteiger partial charge in [0.2, 0.25) is 10.0 Å². The molecule has 0 saturated carbocycles. The Morgan fingerprint density at radius 1 is 1.48 bits per heavy atom. The average Bonchev–Trinajstić information content (AvgIpc) is 2.94. The Hall–Kier alpha value is -1.63. The van der Waals surface area contributed by atoms with E-state index in [0.717, 1.165) is 10.9 Å². The van der Waals surface area contributed by atoms with Crippen molar-refractivity contribution in [2.75, 3.05) is 6.54 Å². The third kappa shape index (κ3) is 2.71. The number of halogens is 1. The number of allylic oxidation sites excluding steroid dienone is 3. The number of aromatic nitrogens is 2. The summed E-state index contributed by atoms with van der Waals surface area (Å²) in [4.78, 5) is 4.33. The summed E-state index contributed by atoms with van der Waals surface area (Å²) < 4.78 is 26.4. The Balaban J connectivity index is 2.07. The summed E-state index contributed by atoms with van der Waals surface area (Å²) in [6.07, 6.45) is 9.26. The van der Waals surface area contributed by atoms with E-state index < -0.39 is 14.8 Å². The largest absolute Gasteiger partial charge is 0.330 e. The lowest BCUT2D eigenvalue weighted by atomic mass is 10.0. The maximum Gasteiger partial charge on any atom is 0.249 e. The van der Waals surface area contributed by atoms with Crippen molar-refractivity contribution in [1.82, 2.24) is 8.96 Å². The van der Waals surface area contributed by atoms with Crippen molar-refractivity contribution in [3.8, 4) is 0 Å². The van der Waals surface area contributed by atoms with Crippen LogP contribution in [-0.2, 0) is 16.4 Å². The molecule has 2 heterocycles. The fraction of sp³-hybridized carbons (Fsp3) is 0.312. The number of pyridine rings is 1. The SMILES string of the molecule is CC1(S(=O)(=O)n2ccc3cc(CCN)cnc32)C=CC(Cl)=CC1. The van der Waals surface area contributed by atoms with Crippen LogP contribution in [0.3, 0.4) is 0 Å². The van der Waals surface area contributed by atoms with Crippen molar-refractivity contribution in [2.45, 2.75) is 24.5 Å². The zero-order chi connectivity index (χ0) is 16.7. The maximum atomic E-state index is 13.1. The van der Waals surface area contributed by atoms with Gasteiger partial charge < -0.3 is 5.73 Å². The maximum absolute atomic E-state index is 13.1. The second kappa shape index (κ2) is 5.78. The molecule has 3 rings (SSSR count). The van der Waals surface area contributed by atoms with Crippen LogP contribution in [0.15, 0.2) is 47.8 Å². The number of rotatable bonds is 4. The number of nitrogens with zero attached hydrogens (tertiary/aromatic N) is 2. The van der Waals surface area contributed by atoms with Crippen molar-refractivity contribution >= 4 is 32.7 Å². The monoisotopic (exact) mass is 351 g/mol. The molecule has 1 aliphatic rings. The van der Waals surface area contributed by atoms with Crippen molar-refractivity contribution in [1.29, 1.82) is 0 Å². The third-order valence-corrected chi connectivity index (χ3v) is 6.70. The minimum absolute atomic E-state index is 0.329. The first-order valence-electron chi connectivity index (χ1n) is 7.33. The lowest BCUT2D eigenvalue weighted by Crippen LogP contribution is -2.38. The van der Waals surface area contributed by atoms with Crippen LogP contribution in [0.2, 0.25) is 0 Å². The molecular weight excluding hydrogens is 334 g/mol. The molecule has 0 fully saturated rings. The van der Waals surface area contributed by atoms with E-state index in [1.54, 1.807) is 43.6 Å². The number of hydrogen-bond donors (Lipinski definition) is 1. The van der Waals surface area contributed by atoms with Gasteiger partial charge in [0.05, 0.1) is 0 Å². The molecule has 0 bridgehead atoms. The van der Waals surface area contributed by atoms with Crippen LogP contribution in [0.25, 0.3) is 11.0 Å². The molecule has 2 N–H and O–H groups in total. The van der Waals surface area contributed by atoms with E-state index in [4.69, 9.17) is 17.3 Å². The molecule has 1 aliphatic carbocycles. The second-order valence-corrected chi connectivity index (χ2v) is 8.56. The fourth-order valence-corrected chi connectivity index (χ4v) is 4.38. The smallest absolute Gasteiger partial charge is 0.249 e. The molecule has 2 aromatic heterocycles. The molecule has 2 aromatic rings. The molecular formula is C16H18ClN3O2S. The minimum atomic E-state index is -3.65. The molecule has 122 valence electrons. The second-order valence-electron chi connectivity index (χ2n) is 5.85. The Morgan fingerprint density at radius 3 is 2.91 bits per heavy atom. The van der Waals surface area contributed by atoms with Gasteiger partial charge in [0.15, 0.2) is 5.65 Å². The van der Waals surface area contributed by atoms with Crippen molar-refractivity contribution in [2.24, 2.45) is 5.73 Å². The Kier molecular flexibility index (Phi) is 4.08. The summed E-state index contributed by atoms with van der Waals surface area (Å²) in [5.41, 5.74) is 6.98. The summed E-state index contributed by atoms with van der Waals surface area (Å²) in [5.74, 6) is 0. The molecule has 0 radical (unpaired) electrons. The molecule has 0 spiro atoms. The standard InChI is InChI=1S/C16H18ClN3O2S/c1-16(6-2-14(17)3-7-16)23(21,22)20-9-5-13-10-12(4-8-18)11-19-15(13)20/h2-3,5-6,9-11H,4,7-8,18H2,1H3. The lowest BCUT2D eigenvalue weighted by Gasteiger charge is -2.27. The quantitative estimate of drug-likeness (QED) is 0.918. The van der Waals surface area contributed by atoms with Gasteiger partial charge in [0.25, 0.3) is 0 Å². The molecule has 23 heavy (non-hydrogen) atoms. The Labute approximate surface area is 140 Å². The van der Waals surface area contributed by atoms with Crippen LogP contribution in [0.1, 0.15) is 18.9 Å². The molecule has 7 heteroatoms. The zero-order valence-corrected chi connectivity index (χ0v) is 14.3. The summed E-state index contributed by atoms with van der Waals surface area (Å²) in [7, 11) is -3.65. The lowest BCUT2D eigenvalue weighted by molar-refractivity contribution is 0.554. The van der Waals surface area contributed by atoms with Crippen LogP contribution in [0.5, 0.6) is 0 Å². The highest BCUT2D eigenvalue weighted by Gasteiger charge is 2.39. The van der Waals surface area contributed by atoms with Crippen LogP contribution < -0.4 is 5.73 Å². The average molecular weight is 352 g/mol. The van der Waals surface area contributed by atoms with E-state index in [2.05, 4.69) is 4.98 Å². The highest BCUT2D eigenvalue weighted by atomic mass is 35.5. The van der Waals surface area contributed by atoms with E-state index in [-0.39, 0.29) is 0 Å². The first kappa shape index (κ1) is 16.2. The Morgan fingerprint density at radius 2 is 2.26 bits per heavy atom. The molecule has 1 atom stereocenters. The summed E-state index contributed by atoms with van der Waals surface area (Å²) >= 11 is 5.91. The van der Waals surface area contributed by atoms with Gasteiger partial charge in [-0.05, 0) is 50.1 Å². The van der Waals surface area contributed by atoms with Gasteiger partial charge in [-0.15, -0.1) is 0 Å². The molecule has 0 aromatic carbocycles. The summed E-state index contributed by atoms with van der Waals surface area (Å²) in [6, 6.07) is 3.69. The van der Waals surface area contributed by atoms with Crippen molar-refractivity contribution < 1.29 is 8.42 Å². The van der Waals surface area contributed by atoms with Gasteiger partial charge >= 0.3 is 0 Å².